The van der Waals surface area contributed by atoms with Crippen LogP contribution in [0.3, 0.4) is 0 Å². The number of Topliss-reactive ketones (excluding diaryl/α,β-unsaturated/α-hetero) is 1. The topological polar surface area (TPSA) is 65.8 Å². The first kappa shape index (κ1) is 13.3. The summed E-state index contributed by atoms with van der Waals surface area (Å²) in [4.78, 5) is 16.3. The van der Waals surface area contributed by atoms with Gasteiger partial charge in [0.25, 0.3) is 0 Å². The van der Waals surface area contributed by atoms with Crippen LogP contribution in [0.15, 0.2) is 36.4 Å². The van der Waals surface area contributed by atoms with Gasteiger partial charge in [0.2, 0.25) is 0 Å². The number of rotatable bonds is 3. The Morgan fingerprint density at radius 1 is 1.24 bits per heavy atom. The summed E-state index contributed by atoms with van der Waals surface area (Å²) in [5.74, 6) is 0.961. The first-order chi connectivity index (χ1) is 10.3. The molecule has 2 aromatic rings. The normalized spacial score (nSPS) is 13.4. The molecule has 0 radical (unpaired) electrons. The van der Waals surface area contributed by atoms with Crippen molar-refractivity contribution in [3.63, 3.8) is 0 Å². The summed E-state index contributed by atoms with van der Waals surface area (Å²) in [5, 5.41) is 12.1. The molecule has 1 aromatic heterocycles. The molecule has 0 bridgehead atoms. The largest absolute Gasteiger partial charge is 0.366 e. The summed E-state index contributed by atoms with van der Waals surface area (Å²) in [6.07, 6.45) is 2.37. The number of ketones is 1. The third kappa shape index (κ3) is 2.92. The van der Waals surface area contributed by atoms with Crippen LogP contribution in [0.4, 0.5) is 5.82 Å². The highest BCUT2D eigenvalue weighted by Crippen LogP contribution is 2.21. The Morgan fingerprint density at radius 3 is 3.00 bits per heavy atom. The molecular formula is C17H15N3O. The van der Waals surface area contributed by atoms with E-state index in [1.54, 1.807) is 6.07 Å². The minimum Gasteiger partial charge on any atom is -0.366 e. The number of aryl methyl sites for hydroxylation is 1. The van der Waals surface area contributed by atoms with E-state index in [-0.39, 0.29) is 5.78 Å². The molecule has 1 aromatic carbocycles. The average molecular weight is 277 g/mol. The van der Waals surface area contributed by atoms with Crippen molar-refractivity contribution >= 4 is 11.6 Å². The number of nitrogens with one attached hydrogen (secondary N) is 1. The van der Waals surface area contributed by atoms with Crippen LogP contribution in [0.1, 0.15) is 40.0 Å². The Morgan fingerprint density at radius 2 is 2.14 bits per heavy atom. The Kier molecular flexibility index (Phi) is 3.65. The van der Waals surface area contributed by atoms with E-state index < -0.39 is 0 Å². The van der Waals surface area contributed by atoms with Gasteiger partial charge in [-0.25, -0.2) is 4.98 Å². The summed E-state index contributed by atoms with van der Waals surface area (Å²) < 4.78 is 0. The standard InChI is InChI=1S/C17H15N3O/c18-10-12-3-1-4-13(9-12)11-19-17-8-7-14-15(20-17)5-2-6-16(14)21/h1,3-4,7-9H,2,5-6,11H2,(H,19,20). The second-order valence-corrected chi connectivity index (χ2v) is 5.13. The van der Waals surface area contributed by atoms with Crippen LogP contribution in [-0.2, 0) is 13.0 Å². The zero-order valence-corrected chi connectivity index (χ0v) is 11.6. The molecule has 4 nitrogen and oxygen atoms in total. The number of pyridine rings is 1. The number of aromatic nitrogens is 1. The summed E-state index contributed by atoms with van der Waals surface area (Å²) >= 11 is 0. The molecule has 104 valence electrons. The molecule has 0 saturated heterocycles. The van der Waals surface area contributed by atoms with Gasteiger partial charge in [-0.1, -0.05) is 12.1 Å². The molecule has 0 atom stereocenters. The summed E-state index contributed by atoms with van der Waals surface area (Å²) in [6.45, 7) is 0.606. The number of anilines is 1. The number of hydrogen-bond acceptors (Lipinski definition) is 4. The minimum atomic E-state index is 0.192. The van der Waals surface area contributed by atoms with Crippen LogP contribution >= 0.6 is 0 Å². The quantitative estimate of drug-likeness (QED) is 0.936. The molecule has 0 unspecified atom stereocenters. The molecule has 0 amide bonds. The summed E-state index contributed by atoms with van der Waals surface area (Å²) in [6, 6.07) is 13.3. The van der Waals surface area contributed by atoms with Gasteiger partial charge in [0.1, 0.15) is 5.82 Å². The lowest BCUT2D eigenvalue weighted by molar-refractivity contribution is 0.0971. The summed E-state index contributed by atoms with van der Waals surface area (Å²) in [7, 11) is 0. The van der Waals surface area contributed by atoms with Gasteiger partial charge >= 0.3 is 0 Å². The monoisotopic (exact) mass is 277 g/mol. The number of nitrogens with zero attached hydrogens (tertiary/aromatic N) is 2. The maximum atomic E-state index is 11.8. The first-order valence-electron chi connectivity index (χ1n) is 7.02. The van der Waals surface area contributed by atoms with Gasteiger partial charge in [-0.2, -0.15) is 5.26 Å². The summed E-state index contributed by atoms with van der Waals surface area (Å²) in [5.41, 5.74) is 3.34. The van der Waals surface area contributed by atoms with Crippen LogP contribution < -0.4 is 5.32 Å². The minimum absolute atomic E-state index is 0.192. The molecule has 0 spiro atoms. The van der Waals surface area contributed by atoms with Gasteiger partial charge in [-0.3, -0.25) is 4.79 Å². The second kappa shape index (κ2) is 5.76. The number of hydrogen-bond donors (Lipinski definition) is 1. The Hall–Kier alpha value is -2.67. The Balaban J connectivity index is 1.74. The van der Waals surface area contributed by atoms with E-state index in [0.29, 0.717) is 18.5 Å². The zero-order valence-electron chi connectivity index (χ0n) is 11.6. The maximum absolute atomic E-state index is 11.8. The van der Waals surface area contributed by atoms with Crippen molar-refractivity contribution in [3.05, 3.63) is 58.8 Å². The highest BCUT2D eigenvalue weighted by atomic mass is 16.1. The molecule has 3 rings (SSSR count). The second-order valence-electron chi connectivity index (χ2n) is 5.13. The molecule has 1 N–H and O–H groups in total. The fourth-order valence-corrected chi connectivity index (χ4v) is 2.54. The van der Waals surface area contributed by atoms with E-state index in [2.05, 4.69) is 16.4 Å². The van der Waals surface area contributed by atoms with Gasteiger partial charge in [0, 0.05) is 18.5 Å². The third-order valence-electron chi connectivity index (χ3n) is 3.62. The van der Waals surface area contributed by atoms with Crippen LogP contribution in [-0.4, -0.2) is 10.8 Å². The van der Waals surface area contributed by atoms with E-state index >= 15 is 0 Å². The van der Waals surface area contributed by atoms with Gasteiger partial charge in [-0.15, -0.1) is 0 Å². The van der Waals surface area contributed by atoms with Crippen LogP contribution in [0.2, 0.25) is 0 Å². The van der Waals surface area contributed by atoms with Crippen molar-refractivity contribution in [1.82, 2.24) is 4.98 Å². The van der Waals surface area contributed by atoms with Gasteiger partial charge < -0.3 is 5.32 Å². The Labute approximate surface area is 123 Å². The predicted molar refractivity (Wildman–Crippen MR) is 80.0 cm³/mol. The van der Waals surface area contributed by atoms with Crippen molar-refractivity contribution in [2.24, 2.45) is 0 Å². The molecule has 4 heteroatoms. The van der Waals surface area contributed by atoms with Crippen LogP contribution in [0, 0.1) is 11.3 Å². The highest BCUT2D eigenvalue weighted by Gasteiger charge is 2.18. The molecule has 0 aliphatic heterocycles. The molecule has 21 heavy (non-hydrogen) atoms. The fourth-order valence-electron chi connectivity index (χ4n) is 2.54. The number of benzene rings is 1. The van der Waals surface area contributed by atoms with E-state index in [0.717, 1.165) is 35.5 Å². The molecule has 1 aliphatic carbocycles. The van der Waals surface area contributed by atoms with Gasteiger partial charge in [-0.05, 0) is 42.7 Å². The number of carbonyl (C=O) groups excluding carboxylic acids is 1. The van der Waals surface area contributed by atoms with E-state index in [4.69, 9.17) is 5.26 Å². The van der Waals surface area contributed by atoms with Crippen molar-refractivity contribution in [3.8, 4) is 6.07 Å². The molecule has 1 aliphatic rings. The van der Waals surface area contributed by atoms with Gasteiger partial charge in [0.05, 0.1) is 17.3 Å². The predicted octanol–water partition coefficient (Wildman–Crippen LogP) is 3.08. The average Bonchev–Trinajstić information content (AvgIpc) is 2.53. The van der Waals surface area contributed by atoms with Crippen molar-refractivity contribution in [1.29, 1.82) is 5.26 Å². The number of carbonyl (C=O) groups is 1. The van der Waals surface area contributed by atoms with Crippen molar-refractivity contribution in [2.45, 2.75) is 25.8 Å². The van der Waals surface area contributed by atoms with E-state index in [1.165, 1.54) is 0 Å². The van der Waals surface area contributed by atoms with Gasteiger partial charge in [0.15, 0.2) is 5.78 Å². The highest BCUT2D eigenvalue weighted by molar-refractivity contribution is 5.98. The van der Waals surface area contributed by atoms with Crippen molar-refractivity contribution in [2.75, 3.05) is 5.32 Å². The molecule has 0 saturated carbocycles. The third-order valence-corrected chi connectivity index (χ3v) is 3.62. The molecular weight excluding hydrogens is 262 g/mol. The van der Waals surface area contributed by atoms with Crippen LogP contribution in [0.5, 0.6) is 0 Å². The van der Waals surface area contributed by atoms with Crippen molar-refractivity contribution < 1.29 is 4.79 Å². The molecule has 1 heterocycles. The smallest absolute Gasteiger partial charge is 0.164 e. The van der Waals surface area contributed by atoms with E-state index in [9.17, 15) is 4.79 Å². The lowest BCUT2D eigenvalue weighted by Gasteiger charge is -2.15. The fraction of sp³-hybridized carbons (Fsp3) is 0.235. The number of fused-ring (bicyclic) bond motifs is 1. The lowest BCUT2D eigenvalue weighted by atomic mass is 9.95. The Bertz CT molecular complexity index is 731. The lowest BCUT2D eigenvalue weighted by Crippen LogP contribution is -2.13. The van der Waals surface area contributed by atoms with E-state index in [1.807, 2.05) is 30.3 Å². The maximum Gasteiger partial charge on any atom is 0.164 e. The van der Waals surface area contributed by atoms with Crippen LogP contribution in [0.25, 0.3) is 0 Å². The SMILES string of the molecule is N#Cc1cccc(CNc2ccc3c(n2)CCCC3=O)c1. The number of nitriles is 1. The first-order valence-corrected chi connectivity index (χ1v) is 7.02. The molecule has 0 fully saturated rings. The zero-order chi connectivity index (χ0) is 14.7.